The second-order valence-electron chi connectivity index (χ2n) is 3.89. The molecule has 0 saturated carbocycles. The average Bonchev–Trinajstić information content (AvgIpc) is 2.81. The largest absolute Gasteiger partial charge is 0.496 e. The second-order valence-corrected chi connectivity index (χ2v) is 6.62. The summed E-state index contributed by atoms with van der Waals surface area (Å²) in [7, 11) is 5.85. The molecule has 0 bridgehead atoms. The lowest BCUT2D eigenvalue weighted by Crippen LogP contribution is -2.09. The molecule has 1 aromatic carbocycles. The van der Waals surface area contributed by atoms with Crippen LogP contribution in [0, 0.1) is 0 Å². The molecule has 0 amide bonds. The number of methoxy groups -OCH3 is 1. The van der Waals surface area contributed by atoms with E-state index in [1.165, 1.54) is 22.8 Å². The van der Waals surface area contributed by atoms with Crippen LogP contribution in [0.5, 0.6) is 5.75 Å². The molecular formula is C12H17NOS2. The highest BCUT2D eigenvalue weighted by Crippen LogP contribution is 2.48. The van der Waals surface area contributed by atoms with Gasteiger partial charge in [-0.15, -0.1) is 23.5 Å². The number of hydrogen-bond acceptors (Lipinski definition) is 4. The first-order valence-electron chi connectivity index (χ1n) is 5.31. The second kappa shape index (κ2) is 5.23. The molecule has 2 rings (SSSR count). The van der Waals surface area contributed by atoms with Crippen molar-refractivity contribution in [3.8, 4) is 5.75 Å². The Morgan fingerprint density at radius 3 is 2.50 bits per heavy atom. The molecule has 16 heavy (non-hydrogen) atoms. The number of anilines is 1. The van der Waals surface area contributed by atoms with Gasteiger partial charge in [-0.1, -0.05) is 6.07 Å². The van der Waals surface area contributed by atoms with E-state index >= 15 is 0 Å². The Kier molecular flexibility index (Phi) is 3.92. The standard InChI is InChI=1S/C12H17NOS2/c1-13(2)9-4-5-10(11(8-9)14-3)12-15-6-7-16-12/h4-5,8,12H,6-7H2,1-3H3. The molecule has 4 heteroatoms. The van der Waals surface area contributed by atoms with Gasteiger partial charge < -0.3 is 9.64 Å². The summed E-state index contributed by atoms with van der Waals surface area (Å²) in [5, 5.41) is 0. The molecule has 2 nitrogen and oxygen atoms in total. The van der Waals surface area contributed by atoms with Crippen LogP contribution in [-0.2, 0) is 0 Å². The zero-order valence-corrected chi connectivity index (χ0v) is 11.5. The van der Waals surface area contributed by atoms with Gasteiger partial charge in [-0.05, 0) is 6.07 Å². The molecule has 1 fully saturated rings. The number of hydrogen-bond donors (Lipinski definition) is 0. The molecule has 1 aromatic rings. The summed E-state index contributed by atoms with van der Waals surface area (Å²) in [4.78, 5) is 2.10. The van der Waals surface area contributed by atoms with Crippen LogP contribution in [0.4, 0.5) is 5.69 Å². The molecule has 0 spiro atoms. The van der Waals surface area contributed by atoms with E-state index in [1.807, 2.05) is 37.6 Å². The molecule has 1 heterocycles. The molecular weight excluding hydrogens is 238 g/mol. The minimum absolute atomic E-state index is 0.547. The molecule has 0 radical (unpaired) electrons. The Bertz CT molecular complexity index is 362. The van der Waals surface area contributed by atoms with Crippen LogP contribution in [0.1, 0.15) is 10.1 Å². The van der Waals surface area contributed by atoms with Gasteiger partial charge in [0.25, 0.3) is 0 Å². The van der Waals surface area contributed by atoms with E-state index in [0.29, 0.717) is 4.58 Å². The number of rotatable bonds is 3. The van der Waals surface area contributed by atoms with Crippen molar-refractivity contribution in [2.45, 2.75) is 4.58 Å². The van der Waals surface area contributed by atoms with E-state index in [-0.39, 0.29) is 0 Å². The Labute approximate surface area is 106 Å². The van der Waals surface area contributed by atoms with Crippen LogP contribution in [0.3, 0.4) is 0 Å². The summed E-state index contributed by atoms with van der Waals surface area (Å²) in [6.07, 6.45) is 0. The van der Waals surface area contributed by atoms with Gasteiger partial charge in [0.15, 0.2) is 0 Å². The highest BCUT2D eigenvalue weighted by molar-refractivity contribution is 8.19. The van der Waals surface area contributed by atoms with Crippen LogP contribution >= 0.6 is 23.5 Å². The average molecular weight is 255 g/mol. The molecule has 0 unspecified atom stereocenters. The van der Waals surface area contributed by atoms with Crippen molar-refractivity contribution in [3.63, 3.8) is 0 Å². The van der Waals surface area contributed by atoms with E-state index in [2.05, 4.69) is 23.1 Å². The van der Waals surface area contributed by atoms with Gasteiger partial charge in [-0.3, -0.25) is 0 Å². The van der Waals surface area contributed by atoms with Gasteiger partial charge in [-0.25, -0.2) is 0 Å². The Hall–Kier alpha value is -0.480. The quantitative estimate of drug-likeness (QED) is 0.821. The SMILES string of the molecule is COc1cc(N(C)C)ccc1C1SCCS1. The summed E-state index contributed by atoms with van der Waals surface area (Å²) in [6, 6.07) is 6.48. The molecule has 0 aromatic heterocycles. The van der Waals surface area contributed by atoms with E-state index in [0.717, 1.165) is 5.75 Å². The van der Waals surface area contributed by atoms with Gasteiger partial charge in [0.2, 0.25) is 0 Å². The third kappa shape index (κ3) is 2.43. The van der Waals surface area contributed by atoms with Crippen LogP contribution in [0.2, 0.25) is 0 Å². The molecule has 0 aliphatic carbocycles. The lowest BCUT2D eigenvalue weighted by Gasteiger charge is -2.18. The van der Waals surface area contributed by atoms with Gasteiger partial charge in [-0.2, -0.15) is 0 Å². The highest BCUT2D eigenvalue weighted by atomic mass is 32.2. The lowest BCUT2D eigenvalue weighted by molar-refractivity contribution is 0.411. The summed E-state index contributed by atoms with van der Waals surface area (Å²) in [5.74, 6) is 3.50. The normalized spacial score (nSPS) is 16.4. The van der Waals surface area contributed by atoms with Gasteiger partial charge >= 0.3 is 0 Å². The number of nitrogens with zero attached hydrogens (tertiary/aromatic N) is 1. The van der Waals surface area contributed by atoms with Gasteiger partial charge in [0, 0.05) is 42.9 Å². The van der Waals surface area contributed by atoms with Crippen molar-refractivity contribution in [2.75, 3.05) is 37.6 Å². The molecule has 88 valence electrons. The van der Waals surface area contributed by atoms with E-state index in [9.17, 15) is 0 Å². The summed E-state index contributed by atoms with van der Waals surface area (Å²) in [6.45, 7) is 0. The molecule has 0 N–H and O–H groups in total. The van der Waals surface area contributed by atoms with Crippen molar-refractivity contribution in [2.24, 2.45) is 0 Å². The summed E-state index contributed by atoms with van der Waals surface area (Å²) in [5.41, 5.74) is 2.51. The maximum absolute atomic E-state index is 5.50. The summed E-state index contributed by atoms with van der Waals surface area (Å²) >= 11 is 4.02. The fraction of sp³-hybridized carbons (Fsp3) is 0.500. The van der Waals surface area contributed by atoms with Crippen LogP contribution in [0.25, 0.3) is 0 Å². The lowest BCUT2D eigenvalue weighted by atomic mass is 10.2. The molecule has 1 aliphatic heterocycles. The third-order valence-corrected chi connectivity index (χ3v) is 5.68. The Balaban J connectivity index is 2.30. The zero-order valence-electron chi connectivity index (χ0n) is 9.90. The Morgan fingerprint density at radius 1 is 1.25 bits per heavy atom. The van der Waals surface area contributed by atoms with Crippen molar-refractivity contribution in [1.29, 1.82) is 0 Å². The first kappa shape index (κ1) is 12.0. The molecule has 0 atom stereocenters. The fourth-order valence-corrected chi connectivity index (χ4v) is 4.62. The first-order valence-corrected chi connectivity index (χ1v) is 7.40. The number of thioether (sulfide) groups is 2. The maximum Gasteiger partial charge on any atom is 0.126 e. The van der Waals surface area contributed by atoms with Crippen molar-refractivity contribution in [1.82, 2.24) is 0 Å². The maximum atomic E-state index is 5.50. The zero-order chi connectivity index (χ0) is 11.5. The van der Waals surface area contributed by atoms with Gasteiger partial charge in [0.1, 0.15) is 5.75 Å². The van der Waals surface area contributed by atoms with E-state index < -0.39 is 0 Å². The van der Waals surface area contributed by atoms with Crippen molar-refractivity contribution >= 4 is 29.2 Å². The number of benzene rings is 1. The van der Waals surface area contributed by atoms with Crippen LogP contribution < -0.4 is 9.64 Å². The first-order chi connectivity index (χ1) is 7.72. The predicted octanol–water partition coefficient (Wildman–Crippen LogP) is 3.24. The van der Waals surface area contributed by atoms with Crippen molar-refractivity contribution < 1.29 is 4.74 Å². The smallest absolute Gasteiger partial charge is 0.126 e. The van der Waals surface area contributed by atoms with Crippen molar-refractivity contribution in [3.05, 3.63) is 23.8 Å². The highest BCUT2D eigenvalue weighted by Gasteiger charge is 2.21. The monoisotopic (exact) mass is 255 g/mol. The fourth-order valence-electron chi connectivity index (χ4n) is 1.71. The minimum Gasteiger partial charge on any atom is -0.496 e. The van der Waals surface area contributed by atoms with E-state index in [4.69, 9.17) is 4.74 Å². The van der Waals surface area contributed by atoms with E-state index in [1.54, 1.807) is 7.11 Å². The van der Waals surface area contributed by atoms with Crippen LogP contribution in [-0.4, -0.2) is 32.7 Å². The molecule has 1 saturated heterocycles. The Morgan fingerprint density at radius 2 is 1.94 bits per heavy atom. The van der Waals surface area contributed by atoms with Gasteiger partial charge in [0.05, 0.1) is 11.7 Å². The third-order valence-electron chi connectivity index (χ3n) is 2.61. The van der Waals surface area contributed by atoms with Crippen LogP contribution in [0.15, 0.2) is 18.2 Å². The summed E-state index contributed by atoms with van der Waals surface area (Å²) < 4.78 is 6.04. The number of ether oxygens (including phenoxy) is 1. The predicted molar refractivity (Wildman–Crippen MR) is 75.0 cm³/mol. The topological polar surface area (TPSA) is 12.5 Å². The minimum atomic E-state index is 0.547. The molecule has 1 aliphatic rings.